The number of aromatic nitrogens is 7. The molecule has 51 heavy (non-hydrogen) atoms. The van der Waals surface area contributed by atoms with Crippen LogP contribution >= 0.6 is 15.9 Å². The first-order chi connectivity index (χ1) is 23.8. The fraction of sp³-hybridized carbons (Fsp3) is 0.355. The maximum absolute atomic E-state index is 15.5. The molecule has 0 spiro atoms. The van der Waals surface area contributed by atoms with Crippen molar-refractivity contribution in [1.29, 1.82) is 0 Å². The quantitative estimate of drug-likeness (QED) is 0.188. The van der Waals surface area contributed by atoms with Crippen LogP contribution in [0.4, 0.5) is 35.1 Å². The summed E-state index contributed by atoms with van der Waals surface area (Å²) in [7, 11) is 1.39. The van der Waals surface area contributed by atoms with E-state index in [4.69, 9.17) is 0 Å². The summed E-state index contributed by atoms with van der Waals surface area (Å²) in [6.07, 6.45) is -3.20. The van der Waals surface area contributed by atoms with Gasteiger partial charge in [0.2, 0.25) is 5.91 Å². The monoisotopic (exact) mass is 787 g/mol. The number of aryl methyl sites for hydroxylation is 1. The van der Waals surface area contributed by atoms with Crippen LogP contribution in [0.15, 0.2) is 41.3 Å². The fourth-order valence-electron chi connectivity index (χ4n) is 6.04. The second-order valence-electron chi connectivity index (χ2n) is 12.5. The van der Waals surface area contributed by atoms with E-state index in [1.165, 1.54) is 27.0 Å². The van der Waals surface area contributed by atoms with Crippen molar-refractivity contribution in [2.45, 2.75) is 57.5 Å². The van der Waals surface area contributed by atoms with Gasteiger partial charge in [-0.2, -0.15) is 36.5 Å². The molecule has 1 N–H and O–H groups in total. The first-order valence-corrected chi connectivity index (χ1v) is 15.9. The normalized spacial score (nSPS) is 14.5. The lowest BCUT2D eigenvalue weighted by Crippen LogP contribution is -2.58. The van der Waals surface area contributed by atoms with Crippen molar-refractivity contribution in [1.82, 2.24) is 44.5 Å². The van der Waals surface area contributed by atoms with Crippen molar-refractivity contribution < 1.29 is 44.7 Å². The van der Waals surface area contributed by atoms with Gasteiger partial charge in [-0.3, -0.25) is 19.0 Å². The summed E-state index contributed by atoms with van der Waals surface area (Å²) >= 11 is 3.03. The van der Waals surface area contributed by atoms with E-state index < -0.39 is 65.0 Å². The zero-order chi connectivity index (χ0) is 37.2. The maximum Gasteiger partial charge on any atom is 0.435 e. The van der Waals surface area contributed by atoms with E-state index >= 15 is 8.78 Å². The van der Waals surface area contributed by atoms with Crippen molar-refractivity contribution >= 4 is 38.8 Å². The van der Waals surface area contributed by atoms with E-state index in [0.717, 1.165) is 44.9 Å². The molecule has 1 aromatic carbocycles. The predicted octanol–water partition coefficient (Wildman–Crippen LogP) is 5.83. The van der Waals surface area contributed by atoms with Gasteiger partial charge >= 0.3 is 12.7 Å². The van der Waals surface area contributed by atoms with Crippen LogP contribution < -0.4 is 5.32 Å². The Hall–Kier alpha value is -4.88. The first-order valence-electron chi connectivity index (χ1n) is 15.1. The number of pyridine rings is 1. The third-order valence-corrected chi connectivity index (χ3v) is 8.96. The molecule has 0 fully saturated rings. The molecular weight excluding hydrogens is 762 g/mol. The van der Waals surface area contributed by atoms with Gasteiger partial charge in [0.1, 0.15) is 27.7 Å². The molecule has 0 saturated heterocycles. The highest BCUT2D eigenvalue weighted by Gasteiger charge is 2.40. The Bertz CT molecular complexity index is 2180. The molecule has 0 unspecified atom stereocenters. The molecule has 11 nitrogen and oxygen atoms in total. The van der Waals surface area contributed by atoms with Crippen molar-refractivity contribution in [3.63, 3.8) is 0 Å². The van der Waals surface area contributed by atoms with E-state index in [2.05, 4.69) is 41.5 Å². The number of hydrogen-bond acceptors (Lipinski definition) is 6. The highest BCUT2D eigenvalue weighted by molar-refractivity contribution is 9.10. The van der Waals surface area contributed by atoms with Crippen LogP contribution in [0.5, 0.6) is 0 Å². The number of amides is 2. The van der Waals surface area contributed by atoms with Crippen molar-refractivity contribution in [2.24, 2.45) is 7.05 Å². The van der Waals surface area contributed by atoms with Crippen LogP contribution in [0.2, 0.25) is 0 Å². The van der Waals surface area contributed by atoms with Gasteiger partial charge < -0.3 is 10.2 Å². The number of rotatable bonds is 9. The van der Waals surface area contributed by atoms with Gasteiger partial charge in [0, 0.05) is 43.9 Å². The average molecular weight is 788 g/mol. The number of carbonyl (C=O) groups excluding carboxylic acids is 2. The number of carbonyl (C=O) groups is 2. The summed E-state index contributed by atoms with van der Waals surface area (Å²) in [5.74, 6) is -4.71. The highest BCUT2D eigenvalue weighted by atomic mass is 79.9. The Morgan fingerprint density at radius 3 is 2.45 bits per heavy atom. The van der Waals surface area contributed by atoms with Gasteiger partial charge in [0.25, 0.3) is 11.9 Å². The van der Waals surface area contributed by atoms with E-state index in [-0.39, 0.29) is 64.0 Å². The number of nitrogens with zero attached hydrogens (tertiary/aromatic N) is 8. The lowest BCUT2D eigenvalue weighted by Gasteiger charge is -2.37. The third-order valence-electron chi connectivity index (χ3n) is 8.32. The number of halogens is 9. The lowest BCUT2D eigenvalue weighted by atomic mass is 9.90. The lowest BCUT2D eigenvalue weighted by molar-refractivity contribution is -0.141. The van der Waals surface area contributed by atoms with Gasteiger partial charge in [-0.15, -0.1) is 5.10 Å². The zero-order valence-corrected chi connectivity index (χ0v) is 28.3. The summed E-state index contributed by atoms with van der Waals surface area (Å²) in [6.45, 7) is -0.555. The molecule has 1 aliphatic heterocycles. The van der Waals surface area contributed by atoms with Crippen LogP contribution in [-0.2, 0) is 37.4 Å². The van der Waals surface area contributed by atoms with Crippen LogP contribution in [0.3, 0.4) is 0 Å². The molecule has 1 atom stereocenters. The number of nitrogens with one attached hydrogen (secondary N) is 1. The van der Waals surface area contributed by atoms with Crippen LogP contribution in [0.25, 0.3) is 22.3 Å². The van der Waals surface area contributed by atoms with E-state index in [9.17, 15) is 35.9 Å². The van der Waals surface area contributed by atoms with Crippen LogP contribution in [0, 0.1) is 17.6 Å². The summed E-state index contributed by atoms with van der Waals surface area (Å²) in [4.78, 5) is 33.2. The predicted molar refractivity (Wildman–Crippen MR) is 167 cm³/mol. The Labute approximate surface area is 291 Å². The molecule has 4 aromatic heterocycles. The molecule has 0 radical (unpaired) electrons. The van der Waals surface area contributed by atoms with Crippen molar-refractivity contribution in [3.8, 4) is 11.3 Å². The molecule has 270 valence electrons. The van der Waals surface area contributed by atoms with Gasteiger partial charge in [-0.25, -0.2) is 18.4 Å². The minimum Gasteiger partial charge on any atom is -0.348 e. The molecule has 1 aliphatic rings. The summed E-state index contributed by atoms with van der Waals surface area (Å²) in [5, 5.41) is 13.4. The first kappa shape index (κ1) is 35.9. The van der Waals surface area contributed by atoms with E-state index in [0.29, 0.717) is 4.68 Å². The summed E-state index contributed by atoms with van der Waals surface area (Å²) in [5.41, 5.74) is -3.39. The molecule has 0 aliphatic carbocycles. The van der Waals surface area contributed by atoms with Crippen LogP contribution in [0.1, 0.15) is 47.6 Å². The molecule has 20 heteroatoms. The molecule has 6 rings (SSSR count). The fourth-order valence-corrected chi connectivity index (χ4v) is 6.46. The molecular formula is C31H26BrF8N9O2. The molecule has 2 amide bonds. The summed E-state index contributed by atoms with van der Waals surface area (Å²) in [6, 6.07) is 2.41. The van der Waals surface area contributed by atoms with Crippen molar-refractivity contribution in [2.75, 3.05) is 6.54 Å². The Balaban J connectivity index is 1.35. The second-order valence-corrected chi connectivity index (χ2v) is 13.3. The SMILES string of the molecule is Cn1nc(F)c2nc(-c3ccc(F)c4c3CCN([C@H](Cc3cnn(C(F)F)c3)C(=O)NC(C)(C)Cn3nc(C(F)(F)F)cc3Br)C4=O)c(F)cc21. The number of fused-ring (bicyclic) bond motifs is 2. The van der Waals surface area contributed by atoms with Crippen LogP contribution in [-0.4, -0.2) is 69.2 Å². The van der Waals surface area contributed by atoms with Gasteiger partial charge in [-0.1, -0.05) is 0 Å². The number of hydrogen-bond donors (Lipinski definition) is 1. The highest BCUT2D eigenvalue weighted by Crippen LogP contribution is 2.35. The van der Waals surface area contributed by atoms with E-state index in [1.807, 2.05) is 0 Å². The minimum atomic E-state index is -4.74. The Kier molecular flexibility index (Phi) is 9.18. The smallest absolute Gasteiger partial charge is 0.348 e. The third kappa shape index (κ3) is 6.92. The average Bonchev–Trinajstić information content (AvgIpc) is 3.73. The second kappa shape index (κ2) is 13.0. The van der Waals surface area contributed by atoms with E-state index in [1.54, 1.807) is 0 Å². The largest absolute Gasteiger partial charge is 0.435 e. The zero-order valence-electron chi connectivity index (χ0n) is 26.7. The van der Waals surface area contributed by atoms with Gasteiger partial charge in [0.15, 0.2) is 11.5 Å². The standard InChI is InChI=1S/C31H26BrF8N9O2/c1-30(2,13-49-22(32)10-21(44-49)31(38,39)40)43-27(50)20(8-14-11-41-48(12-14)29(36)37)47-7-6-15-16(4-5-17(33)23(15)28(47)51)24-18(34)9-19-25(42-24)26(35)45-46(19)3/h4-5,9-12,20,29H,6-8,13H2,1-3H3,(H,43,50)/t20-/m1/s1. The van der Waals surface area contributed by atoms with Crippen molar-refractivity contribution in [3.05, 3.63) is 81.2 Å². The molecule has 0 saturated carbocycles. The van der Waals surface area contributed by atoms with Gasteiger partial charge in [0.05, 0.1) is 29.4 Å². The maximum atomic E-state index is 15.5. The number of alkyl halides is 5. The Morgan fingerprint density at radius 2 is 1.80 bits per heavy atom. The number of benzene rings is 1. The topological polar surface area (TPSA) is 116 Å². The molecule has 0 bridgehead atoms. The Morgan fingerprint density at radius 1 is 1.08 bits per heavy atom. The molecule has 5 aromatic rings. The molecule has 5 heterocycles. The summed E-state index contributed by atoms with van der Waals surface area (Å²) < 4.78 is 114. The minimum absolute atomic E-state index is 0.00502. The van der Waals surface area contributed by atoms with Gasteiger partial charge in [-0.05, 0) is 59.5 Å².